The molecule has 3 heteroatoms. The summed E-state index contributed by atoms with van der Waals surface area (Å²) < 4.78 is 5.66. The number of carbonyl (C=O) groups is 1. The van der Waals surface area contributed by atoms with Crippen LogP contribution < -0.4 is 4.74 Å². The summed E-state index contributed by atoms with van der Waals surface area (Å²) >= 11 is 0. The summed E-state index contributed by atoms with van der Waals surface area (Å²) in [6, 6.07) is 5.82. The van der Waals surface area contributed by atoms with Crippen LogP contribution in [0.2, 0.25) is 0 Å². The van der Waals surface area contributed by atoms with Crippen molar-refractivity contribution in [2.45, 2.75) is 19.8 Å². The van der Waals surface area contributed by atoms with Crippen molar-refractivity contribution in [3.63, 3.8) is 0 Å². The maximum Gasteiger partial charge on any atom is 0.328 e. The highest BCUT2D eigenvalue weighted by molar-refractivity contribution is 5.91. The van der Waals surface area contributed by atoms with Gasteiger partial charge in [0, 0.05) is 11.6 Å². The molecule has 16 heavy (non-hydrogen) atoms. The van der Waals surface area contributed by atoms with Crippen molar-refractivity contribution in [3.05, 3.63) is 35.4 Å². The number of aryl methyl sites for hydroxylation is 1. The van der Waals surface area contributed by atoms with Crippen LogP contribution in [0.25, 0.3) is 5.57 Å². The molecule has 0 bridgehead atoms. The molecule has 2 rings (SSSR count). The second-order valence-electron chi connectivity index (χ2n) is 3.91. The second kappa shape index (κ2) is 4.39. The van der Waals surface area contributed by atoms with Gasteiger partial charge in [0.15, 0.2) is 0 Å². The van der Waals surface area contributed by atoms with E-state index in [2.05, 4.69) is 0 Å². The van der Waals surface area contributed by atoms with Gasteiger partial charge >= 0.3 is 5.97 Å². The fourth-order valence-electron chi connectivity index (χ4n) is 1.97. The lowest BCUT2D eigenvalue weighted by Crippen LogP contribution is -1.96. The van der Waals surface area contributed by atoms with Gasteiger partial charge < -0.3 is 9.84 Å². The summed E-state index contributed by atoms with van der Waals surface area (Å²) in [6.07, 6.45) is 2.89. The van der Waals surface area contributed by atoms with E-state index in [1.165, 1.54) is 6.08 Å². The normalized spacial score (nSPS) is 17.4. The summed E-state index contributed by atoms with van der Waals surface area (Å²) in [5.41, 5.74) is 2.82. The first-order chi connectivity index (χ1) is 7.68. The Bertz CT molecular complexity index is 446. The van der Waals surface area contributed by atoms with Crippen LogP contribution in [0.1, 0.15) is 24.0 Å². The third kappa shape index (κ3) is 2.08. The van der Waals surface area contributed by atoms with E-state index in [1.807, 2.05) is 25.1 Å². The number of carboxylic acid groups (broad SMARTS) is 1. The third-order valence-corrected chi connectivity index (χ3v) is 2.69. The molecule has 0 unspecified atom stereocenters. The number of ether oxygens (including phenoxy) is 1. The average molecular weight is 218 g/mol. The van der Waals surface area contributed by atoms with E-state index in [1.54, 1.807) is 0 Å². The number of aliphatic carboxylic acids is 1. The molecule has 1 N–H and O–H groups in total. The van der Waals surface area contributed by atoms with E-state index >= 15 is 0 Å². The van der Waals surface area contributed by atoms with Crippen molar-refractivity contribution in [1.82, 2.24) is 0 Å². The number of hydrogen-bond acceptors (Lipinski definition) is 2. The predicted octanol–water partition coefficient (Wildman–Crippen LogP) is 2.64. The zero-order valence-electron chi connectivity index (χ0n) is 9.19. The maximum absolute atomic E-state index is 10.8. The predicted molar refractivity (Wildman–Crippen MR) is 61.5 cm³/mol. The van der Waals surface area contributed by atoms with Crippen LogP contribution in [0, 0.1) is 6.92 Å². The SMILES string of the molecule is Cc1cccc2c1OCCC/C2=C\C(=O)O. The lowest BCUT2D eigenvalue weighted by atomic mass is 9.99. The Morgan fingerprint density at radius 2 is 2.31 bits per heavy atom. The van der Waals surface area contributed by atoms with E-state index < -0.39 is 5.97 Å². The highest BCUT2D eigenvalue weighted by Crippen LogP contribution is 2.34. The number of fused-ring (bicyclic) bond motifs is 1. The minimum atomic E-state index is -0.899. The topological polar surface area (TPSA) is 46.5 Å². The molecule has 0 aromatic heterocycles. The molecule has 0 saturated carbocycles. The van der Waals surface area contributed by atoms with E-state index in [9.17, 15) is 4.79 Å². The lowest BCUT2D eigenvalue weighted by Gasteiger charge is -2.10. The molecule has 1 aromatic rings. The van der Waals surface area contributed by atoms with Crippen molar-refractivity contribution in [1.29, 1.82) is 0 Å². The second-order valence-corrected chi connectivity index (χ2v) is 3.91. The molecule has 0 radical (unpaired) electrons. The lowest BCUT2D eigenvalue weighted by molar-refractivity contribution is -0.131. The monoisotopic (exact) mass is 218 g/mol. The standard InChI is InChI=1S/C13H14O3/c1-9-4-2-6-11-10(8-12(14)15)5-3-7-16-13(9)11/h2,4,6,8H,3,5,7H2,1H3,(H,14,15)/b10-8+. The Morgan fingerprint density at radius 1 is 1.50 bits per heavy atom. The van der Waals surface area contributed by atoms with Gasteiger partial charge in [0.2, 0.25) is 0 Å². The minimum Gasteiger partial charge on any atom is -0.493 e. The van der Waals surface area contributed by atoms with Gasteiger partial charge in [0.05, 0.1) is 6.61 Å². The minimum absolute atomic E-state index is 0.648. The summed E-state index contributed by atoms with van der Waals surface area (Å²) in [7, 11) is 0. The Balaban J connectivity index is 2.53. The van der Waals surface area contributed by atoms with Gasteiger partial charge in [-0.15, -0.1) is 0 Å². The fraction of sp³-hybridized carbons (Fsp3) is 0.308. The molecule has 1 heterocycles. The molecule has 1 aliphatic rings. The van der Waals surface area contributed by atoms with Crippen LogP contribution >= 0.6 is 0 Å². The van der Waals surface area contributed by atoms with Crippen LogP contribution in [0.4, 0.5) is 0 Å². The van der Waals surface area contributed by atoms with Gasteiger partial charge in [-0.25, -0.2) is 4.79 Å². The van der Waals surface area contributed by atoms with Crippen molar-refractivity contribution >= 4 is 11.5 Å². The first kappa shape index (κ1) is 10.7. The number of para-hydroxylation sites is 1. The number of benzene rings is 1. The molecular formula is C13H14O3. The van der Waals surface area contributed by atoms with Gasteiger partial charge in [-0.2, -0.15) is 0 Å². The van der Waals surface area contributed by atoms with Crippen molar-refractivity contribution in [2.75, 3.05) is 6.61 Å². The molecule has 0 atom stereocenters. The molecule has 0 amide bonds. The Labute approximate surface area is 94.4 Å². The van der Waals surface area contributed by atoms with E-state index in [-0.39, 0.29) is 0 Å². The molecule has 0 fully saturated rings. The van der Waals surface area contributed by atoms with Crippen molar-refractivity contribution in [3.8, 4) is 5.75 Å². The molecule has 0 aliphatic carbocycles. The van der Waals surface area contributed by atoms with Crippen LogP contribution in [0.3, 0.4) is 0 Å². The molecule has 0 spiro atoms. The summed E-state index contributed by atoms with van der Waals surface area (Å²) in [5, 5.41) is 8.84. The molecule has 1 aliphatic heterocycles. The van der Waals surface area contributed by atoms with Crippen LogP contribution in [0.15, 0.2) is 24.3 Å². The molecule has 0 saturated heterocycles. The summed E-state index contributed by atoms with van der Waals surface area (Å²) in [6.45, 7) is 2.62. The Morgan fingerprint density at radius 3 is 3.06 bits per heavy atom. The van der Waals surface area contributed by atoms with E-state index in [4.69, 9.17) is 9.84 Å². The number of carboxylic acids is 1. The molecule has 84 valence electrons. The zero-order valence-corrected chi connectivity index (χ0v) is 9.19. The summed E-state index contributed by atoms with van der Waals surface area (Å²) in [5.74, 6) is -0.0724. The Kier molecular flexibility index (Phi) is 2.95. The number of rotatable bonds is 1. The van der Waals surface area contributed by atoms with Gasteiger partial charge in [-0.05, 0) is 30.9 Å². The van der Waals surface area contributed by atoms with Gasteiger partial charge in [0.1, 0.15) is 5.75 Å². The quantitative estimate of drug-likeness (QED) is 0.737. The third-order valence-electron chi connectivity index (χ3n) is 2.69. The van der Waals surface area contributed by atoms with E-state index in [0.717, 1.165) is 35.3 Å². The molecule has 1 aromatic carbocycles. The van der Waals surface area contributed by atoms with Gasteiger partial charge in [-0.1, -0.05) is 18.2 Å². The van der Waals surface area contributed by atoms with Crippen LogP contribution in [-0.4, -0.2) is 17.7 Å². The molecular weight excluding hydrogens is 204 g/mol. The first-order valence-electron chi connectivity index (χ1n) is 5.35. The van der Waals surface area contributed by atoms with Crippen LogP contribution in [-0.2, 0) is 4.79 Å². The summed E-state index contributed by atoms with van der Waals surface area (Å²) in [4.78, 5) is 10.8. The highest BCUT2D eigenvalue weighted by Gasteiger charge is 2.15. The first-order valence-corrected chi connectivity index (χ1v) is 5.35. The Hall–Kier alpha value is -1.77. The smallest absolute Gasteiger partial charge is 0.328 e. The average Bonchev–Trinajstić information content (AvgIpc) is 2.42. The van der Waals surface area contributed by atoms with Crippen molar-refractivity contribution < 1.29 is 14.6 Å². The zero-order chi connectivity index (χ0) is 11.5. The highest BCUT2D eigenvalue weighted by atomic mass is 16.5. The largest absolute Gasteiger partial charge is 0.493 e. The van der Waals surface area contributed by atoms with Crippen molar-refractivity contribution in [2.24, 2.45) is 0 Å². The van der Waals surface area contributed by atoms with Gasteiger partial charge in [-0.3, -0.25) is 0 Å². The molecule has 3 nitrogen and oxygen atoms in total. The number of allylic oxidation sites excluding steroid dienone is 1. The number of hydrogen-bond donors (Lipinski definition) is 1. The fourth-order valence-corrected chi connectivity index (χ4v) is 1.97. The van der Waals surface area contributed by atoms with Gasteiger partial charge in [0.25, 0.3) is 0 Å². The van der Waals surface area contributed by atoms with E-state index in [0.29, 0.717) is 6.61 Å². The van der Waals surface area contributed by atoms with Crippen LogP contribution in [0.5, 0.6) is 5.75 Å². The maximum atomic E-state index is 10.8.